The lowest BCUT2D eigenvalue weighted by atomic mass is 10.6. The molecule has 0 aromatic carbocycles. The Morgan fingerprint density at radius 3 is 0.261 bits per heavy atom. The molecule has 0 spiro atoms. The third kappa shape index (κ3) is 0. The van der Waals surface area contributed by atoms with Gasteiger partial charge in [-0.2, -0.15) is 0 Å². The molecular formula is C23H74. The zero-order valence-electron chi connectivity index (χ0n) is 16.7. The van der Waals surface area contributed by atoms with E-state index in [0.29, 0.717) is 0 Å². The lowest BCUT2D eigenvalue weighted by molar-refractivity contribution is 1.09. The summed E-state index contributed by atoms with van der Waals surface area (Å²) in [6.07, 6.45) is 1.25. The molecule has 0 radical (unpaired) electrons. The van der Waals surface area contributed by atoms with Gasteiger partial charge in [-0.3, -0.25) is 0 Å². The quantitative estimate of drug-likeness (QED) is 0.407. The predicted molar refractivity (Wildman–Crippen MR) is 136 cm³/mol. The molecule has 0 saturated carbocycles. The van der Waals surface area contributed by atoms with Gasteiger partial charge in [0.05, 0.1) is 0 Å². The van der Waals surface area contributed by atoms with Gasteiger partial charge in [0.25, 0.3) is 0 Å². The average Bonchev–Trinajstić information content (AvgIpc) is 2.53. The summed E-state index contributed by atoms with van der Waals surface area (Å²) in [7, 11) is 0. The van der Waals surface area contributed by atoms with Crippen LogP contribution in [-0.4, -0.2) is 0 Å². The summed E-state index contributed by atoms with van der Waals surface area (Å²) in [6.45, 7) is 32.2. The molecular weight excluding hydrogens is 276 g/mol. The molecule has 0 atom stereocenters. The summed E-state index contributed by atoms with van der Waals surface area (Å²) in [5.74, 6) is 0. The Bertz CT molecular complexity index is 0. The third-order valence-electron chi connectivity index (χ3n) is 0. The monoisotopic (exact) mass is 351 g/mol. The summed E-state index contributed by atoms with van der Waals surface area (Å²) in [5, 5.41) is 0. The van der Waals surface area contributed by atoms with Crippen molar-refractivity contribution in [3.8, 4) is 0 Å². The second-order valence-electron chi connectivity index (χ2n) is 0.707. The standard InChI is InChI=1S/C3H8.7C2H6.6CH4/c1-3-2;7*1-2;;;;;;/h3H2,1-2H3;7*1-2H3;6*1H4. The molecule has 0 nitrogen and oxygen atoms in total. The van der Waals surface area contributed by atoms with Crippen LogP contribution in [0.25, 0.3) is 0 Å². The zero-order chi connectivity index (χ0) is 16.7. The first kappa shape index (κ1) is 137. The minimum Gasteiger partial charge on any atom is -0.0776 e. The van der Waals surface area contributed by atoms with Gasteiger partial charge in [-0.25, -0.2) is 0 Å². The first-order valence-corrected chi connectivity index (χ1v) is 8.41. The van der Waals surface area contributed by atoms with Gasteiger partial charge in [0.1, 0.15) is 0 Å². The van der Waals surface area contributed by atoms with Crippen LogP contribution in [0.5, 0.6) is 0 Å². The maximum Gasteiger partial charge on any atom is -0.0590 e. The largest absolute Gasteiger partial charge is 0.0776 e. The van der Waals surface area contributed by atoms with Crippen molar-refractivity contribution in [2.45, 2.75) is 162 Å². The number of hydrogen-bond donors (Lipinski definition) is 0. The highest BCUT2D eigenvalue weighted by molar-refractivity contribution is 3.92. The van der Waals surface area contributed by atoms with E-state index in [2.05, 4.69) is 13.8 Å². The van der Waals surface area contributed by atoms with E-state index in [-0.39, 0.29) is 44.6 Å². The molecule has 0 amide bonds. The second kappa shape index (κ2) is 9700. The minimum absolute atomic E-state index is 0. The van der Waals surface area contributed by atoms with Crippen molar-refractivity contribution in [1.82, 2.24) is 0 Å². The Balaban J connectivity index is -0.00000000325. The summed E-state index contributed by atoms with van der Waals surface area (Å²) in [5.41, 5.74) is 0. The van der Waals surface area contributed by atoms with E-state index < -0.39 is 0 Å². The van der Waals surface area contributed by atoms with Crippen LogP contribution >= 0.6 is 0 Å². The minimum atomic E-state index is 0. The van der Waals surface area contributed by atoms with Gasteiger partial charge in [0, 0.05) is 0 Å². The van der Waals surface area contributed by atoms with Gasteiger partial charge < -0.3 is 0 Å². The van der Waals surface area contributed by atoms with E-state index in [1.54, 1.807) is 0 Å². The average molecular weight is 351 g/mol. The molecule has 0 N–H and O–H groups in total. The molecule has 0 aromatic rings. The van der Waals surface area contributed by atoms with Gasteiger partial charge in [0.2, 0.25) is 0 Å². The molecule has 0 rings (SSSR count). The molecule has 0 heteroatoms. The highest BCUT2D eigenvalue weighted by Crippen LogP contribution is 1.56. The molecule has 0 aromatic heterocycles. The molecule has 0 aliphatic carbocycles. The highest BCUT2D eigenvalue weighted by atomic mass is 13.4. The zero-order valence-corrected chi connectivity index (χ0v) is 16.7. The molecule has 23 heavy (non-hydrogen) atoms. The van der Waals surface area contributed by atoms with Crippen molar-refractivity contribution < 1.29 is 0 Å². The van der Waals surface area contributed by atoms with E-state index in [1.165, 1.54) is 6.42 Å². The lowest BCUT2D eigenvalue weighted by Gasteiger charge is -1.48. The SMILES string of the molecule is C.C.C.C.C.C.CC.CC.CC.CC.CC.CC.CC.CCC. The molecule has 0 fully saturated rings. The van der Waals surface area contributed by atoms with Crippen molar-refractivity contribution in [1.29, 1.82) is 0 Å². The van der Waals surface area contributed by atoms with Crippen LogP contribution in [0.3, 0.4) is 0 Å². The van der Waals surface area contributed by atoms with Crippen molar-refractivity contribution in [3.63, 3.8) is 0 Å². The molecule has 0 bridgehead atoms. The van der Waals surface area contributed by atoms with Gasteiger partial charge in [-0.05, 0) is 0 Å². The Morgan fingerprint density at radius 2 is 0.261 bits per heavy atom. The Kier molecular flexibility index (Phi) is 58000. The van der Waals surface area contributed by atoms with E-state index in [0.717, 1.165) is 0 Å². The van der Waals surface area contributed by atoms with Crippen LogP contribution in [0, 0.1) is 0 Å². The van der Waals surface area contributed by atoms with E-state index >= 15 is 0 Å². The van der Waals surface area contributed by atoms with Crippen molar-refractivity contribution in [2.24, 2.45) is 0 Å². The van der Waals surface area contributed by atoms with E-state index in [1.807, 2.05) is 96.9 Å². The number of hydrogen-bond acceptors (Lipinski definition) is 0. The summed E-state index contributed by atoms with van der Waals surface area (Å²) in [6, 6.07) is 0. The van der Waals surface area contributed by atoms with Crippen LogP contribution in [0.2, 0.25) is 0 Å². The van der Waals surface area contributed by atoms with Gasteiger partial charge in [-0.15, -0.1) is 0 Å². The van der Waals surface area contributed by atoms with Crippen LogP contribution in [0.4, 0.5) is 0 Å². The molecule has 0 saturated heterocycles. The second-order valence-corrected chi connectivity index (χ2v) is 0.707. The van der Waals surface area contributed by atoms with Crippen molar-refractivity contribution >= 4 is 0 Å². The Morgan fingerprint density at radius 1 is 0.261 bits per heavy atom. The Labute approximate surface area is 162 Å². The van der Waals surface area contributed by atoms with E-state index in [9.17, 15) is 0 Å². The Hall–Kier alpha value is 0. The van der Waals surface area contributed by atoms with E-state index in [4.69, 9.17) is 0 Å². The molecule has 166 valence electrons. The fourth-order valence-electron chi connectivity index (χ4n) is 0. The predicted octanol–water partition coefficient (Wildman–Crippen LogP) is 12.4. The van der Waals surface area contributed by atoms with Crippen LogP contribution in [0.15, 0.2) is 0 Å². The molecule has 0 aliphatic heterocycles. The first-order chi connectivity index (χ1) is 8.41. The molecule has 0 aliphatic rings. The first-order valence-electron chi connectivity index (χ1n) is 8.41. The van der Waals surface area contributed by atoms with Crippen molar-refractivity contribution in [3.05, 3.63) is 0 Å². The fraction of sp³-hybridized carbons (Fsp3) is 1.00. The van der Waals surface area contributed by atoms with Gasteiger partial charge >= 0.3 is 0 Å². The van der Waals surface area contributed by atoms with Crippen molar-refractivity contribution in [2.75, 3.05) is 0 Å². The number of rotatable bonds is 0. The normalized spacial score (nSPS) is 2.61. The summed E-state index contributed by atoms with van der Waals surface area (Å²) >= 11 is 0. The fourth-order valence-corrected chi connectivity index (χ4v) is 0. The lowest BCUT2D eigenvalue weighted by Crippen LogP contribution is -1.27. The van der Waals surface area contributed by atoms with Crippen LogP contribution in [-0.2, 0) is 0 Å². The smallest absolute Gasteiger partial charge is 0.0590 e. The highest BCUT2D eigenvalue weighted by Gasteiger charge is 1.35. The van der Waals surface area contributed by atoms with Crippen LogP contribution < -0.4 is 0 Å². The summed E-state index contributed by atoms with van der Waals surface area (Å²) < 4.78 is 0. The van der Waals surface area contributed by atoms with Crippen LogP contribution in [0.1, 0.15) is 162 Å². The summed E-state index contributed by atoms with van der Waals surface area (Å²) in [4.78, 5) is 0. The maximum atomic E-state index is 2.12. The topological polar surface area (TPSA) is 0 Å². The maximum absolute atomic E-state index is 2.12. The molecule has 0 unspecified atom stereocenters. The van der Waals surface area contributed by atoms with Gasteiger partial charge in [-0.1, -0.05) is 162 Å². The molecule has 0 heterocycles. The van der Waals surface area contributed by atoms with Gasteiger partial charge in [0.15, 0.2) is 0 Å². The third-order valence-corrected chi connectivity index (χ3v) is 0.